The van der Waals surface area contributed by atoms with Gasteiger partial charge < -0.3 is 10.2 Å². The Morgan fingerprint density at radius 2 is 2.21 bits per heavy atom. The van der Waals surface area contributed by atoms with Crippen molar-refractivity contribution in [1.82, 2.24) is 19.9 Å². The maximum absolute atomic E-state index is 11.6. The van der Waals surface area contributed by atoms with E-state index in [1.807, 2.05) is 36.1 Å². The Morgan fingerprint density at radius 1 is 1.33 bits per heavy atom. The minimum Gasteiger partial charge on any atom is -0.343 e. The van der Waals surface area contributed by atoms with Gasteiger partial charge in [-0.1, -0.05) is 6.07 Å². The van der Waals surface area contributed by atoms with E-state index in [4.69, 9.17) is 0 Å². The van der Waals surface area contributed by atoms with Crippen LogP contribution in [0.2, 0.25) is 0 Å². The van der Waals surface area contributed by atoms with Crippen LogP contribution in [-0.2, 0) is 11.2 Å². The minimum absolute atomic E-state index is 0.162. The van der Waals surface area contributed by atoms with E-state index in [0.29, 0.717) is 5.92 Å². The highest BCUT2D eigenvalue weighted by Crippen LogP contribution is 2.21. The summed E-state index contributed by atoms with van der Waals surface area (Å²) >= 11 is 0. The van der Waals surface area contributed by atoms with Crippen LogP contribution in [0, 0.1) is 12.8 Å². The number of carbonyl (C=O) groups is 1. The van der Waals surface area contributed by atoms with Crippen molar-refractivity contribution in [2.75, 3.05) is 18.4 Å². The van der Waals surface area contributed by atoms with Gasteiger partial charge in [0.1, 0.15) is 18.0 Å². The fourth-order valence-electron chi connectivity index (χ4n) is 3.13. The first-order valence-corrected chi connectivity index (χ1v) is 8.37. The van der Waals surface area contributed by atoms with Crippen LogP contribution in [0.4, 0.5) is 11.6 Å². The number of anilines is 2. The number of amides is 1. The van der Waals surface area contributed by atoms with Crippen molar-refractivity contribution < 1.29 is 4.79 Å². The molecule has 0 spiro atoms. The molecule has 0 bridgehead atoms. The second-order valence-corrected chi connectivity index (χ2v) is 6.36. The predicted octanol–water partition coefficient (Wildman–Crippen LogP) is 2.72. The summed E-state index contributed by atoms with van der Waals surface area (Å²) in [5.74, 6) is 2.15. The average molecular weight is 325 g/mol. The number of likely N-dealkylation sites (tertiary alicyclic amines) is 1. The molecular formula is C18H23N5O. The maximum atomic E-state index is 11.6. The zero-order valence-electron chi connectivity index (χ0n) is 14.2. The summed E-state index contributed by atoms with van der Waals surface area (Å²) in [6.45, 7) is 5.30. The summed E-state index contributed by atoms with van der Waals surface area (Å²) in [6.07, 6.45) is 4.64. The van der Waals surface area contributed by atoms with Crippen molar-refractivity contribution in [2.45, 2.75) is 33.1 Å². The van der Waals surface area contributed by atoms with Crippen LogP contribution in [0.25, 0.3) is 0 Å². The molecule has 2 aromatic rings. The molecule has 6 nitrogen and oxygen atoms in total. The largest absolute Gasteiger partial charge is 0.343 e. The first-order valence-electron chi connectivity index (χ1n) is 8.37. The van der Waals surface area contributed by atoms with Gasteiger partial charge in [-0.3, -0.25) is 4.79 Å². The van der Waals surface area contributed by atoms with E-state index >= 15 is 0 Å². The van der Waals surface area contributed by atoms with Crippen molar-refractivity contribution >= 4 is 17.5 Å². The van der Waals surface area contributed by atoms with Crippen molar-refractivity contribution in [3.05, 3.63) is 42.0 Å². The molecule has 126 valence electrons. The highest BCUT2D eigenvalue weighted by molar-refractivity contribution is 5.73. The van der Waals surface area contributed by atoms with Gasteiger partial charge in [-0.2, -0.15) is 0 Å². The lowest BCUT2D eigenvalue weighted by Crippen LogP contribution is -2.39. The van der Waals surface area contributed by atoms with Gasteiger partial charge in [-0.15, -0.1) is 0 Å². The molecule has 0 radical (unpaired) electrons. The monoisotopic (exact) mass is 325 g/mol. The lowest BCUT2D eigenvalue weighted by atomic mass is 9.93. The zero-order chi connectivity index (χ0) is 16.9. The molecule has 24 heavy (non-hydrogen) atoms. The Hall–Kier alpha value is -2.50. The van der Waals surface area contributed by atoms with Gasteiger partial charge in [0.25, 0.3) is 0 Å². The first kappa shape index (κ1) is 16.4. The van der Waals surface area contributed by atoms with E-state index in [0.717, 1.165) is 55.4 Å². The summed E-state index contributed by atoms with van der Waals surface area (Å²) in [5.41, 5.74) is 1.95. The summed E-state index contributed by atoms with van der Waals surface area (Å²) in [4.78, 5) is 26.6. The fourth-order valence-corrected chi connectivity index (χ4v) is 3.13. The Kier molecular flexibility index (Phi) is 5.03. The average Bonchev–Trinajstić information content (AvgIpc) is 2.55. The maximum Gasteiger partial charge on any atom is 0.219 e. The molecule has 3 rings (SSSR count). The molecule has 1 amide bonds. The van der Waals surface area contributed by atoms with Crippen molar-refractivity contribution in [3.63, 3.8) is 0 Å². The van der Waals surface area contributed by atoms with Gasteiger partial charge in [-0.25, -0.2) is 15.0 Å². The Morgan fingerprint density at radius 3 is 3.00 bits per heavy atom. The summed E-state index contributed by atoms with van der Waals surface area (Å²) < 4.78 is 0. The lowest BCUT2D eigenvalue weighted by Gasteiger charge is -2.31. The van der Waals surface area contributed by atoms with E-state index in [1.54, 1.807) is 13.3 Å². The smallest absolute Gasteiger partial charge is 0.219 e. The number of nitrogens with one attached hydrogen (secondary N) is 1. The number of hydrogen-bond donors (Lipinski definition) is 1. The van der Waals surface area contributed by atoms with Crippen molar-refractivity contribution in [3.8, 4) is 0 Å². The first-order chi connectivity index (χ1) is 11.6. The molecule has 2 aromatic heterocycles. The molecule has 1 aliphatic rings. The third kappa shape index (κ3) is 4.28. The standard InChI is InChI=1S/C18H23N5O/c1-13-5-3-7-17(21-13)22-18-10-16(19-12-20-18)9-15-6-4-8-23(11-15)14(2)24/h3,5,7,10,12,15H,4,6,8-9,11H2,1-2H3,(H,19,20,21,22)/t15-/m0/s1. The van der Waals surface area contributed by atoms with Crippen molar-refractivity contribution in [1.29, 1.82) is 0 Å². The van der Waals surface area contributed by atoms with Crippen LogP contribution in [0.1, 0.15) is 31.2 Å². The molecule has 0 unspecified atom stereocenters. The van der Waals surface area contributed by atoms with Gasteiger partial charge in [0.05, 0.1) is 0 Å². The SMILES string of the molecule is CC(=O)N1CCC[C@@H](Cc2cc(Nc3cccc(C)n3)ncn2)C1. The molecule has 3 heterocycles. The number of pyridine rings is 1. The number of piperidine rings is 1. The molecule has 0 saturated carbocycles. The highest BCUT2D eigenvalue weighted by atomic mass is 16.2. The topological polar surface area (TPSA) is 71.0 Å². The molecule has 1 fully saturated rings. The molecule has 1 atom stereocenters. The van der Waals surface area contributed by atoms with Gasteiger partial charge in [-0.05, 0) is 44.2 Å². The number of aryl methyl sites for hydroxylation is 1. The summed E-state index contributed by atoms with van der Waals surface area (Å²) in [5, 5.41) is 3.22. The Bertz CT molecular complexity index is 718. The van der Waals surface area contributed by atoms with Crippen molar-refractivity contribution in [2.24, 2.45) is 5.92 Å². The molecule has 0 aliphatic carbocycles. The molecule has 1 saturated heterocycles. The molecular weight excluding hydrogens is 302 g/mol. The second-order valence-electron chi connectivity index (χ2n) is 6.36. The number of hydrogen-bond acceptors (Lipinski definition) is 5. The van der Waals surface area contributed by atoms with E-state index in [9.17, 15) is 4.79 Å². The van der Waals surface area contributed by atoms with E-state index in [-0.39, 0.29) is 5.91 Å². The predicted molar refractivity (Wildman–Crippen MR) is 93.0 cm³/mol. The van der Waals surface area contributed by atoms with Crippen LogP contribution >= 0.6 is 0 Å². The molecule has 1 N–H and O–H groups in total. The van der Waals surface area contributed by atoms with E-state index in [1.165, 1.54) is 0 Å². The Labute approximate surface area is 142 Å². The normalized spacial score (nSPS) is 17.6. The second kappa shape index (κ2) is 7.38. The Balaban J connectivity index is 1.66. The summed E-state index contributed by atoms with van der Waals surface area (Å²) in [6, 6.07) is 7.81. The number of carbonyl (C=O) groups excluding carboxylic acids is 1. The van der Waals surface area contributed by atoms with Gasteiger partial charge in [0, 0.05) is 37.5 Å². The van der Waals surface area contributed by atoms with Crippen LogP contribution in [0.5, 0.6) is 0 Å². The van der Waals surface area contributed by atoms with Gasteiger partial charge >= 0.3 is 0 Å². The quantitative estimate of drug-likeness (QED) is 0.936. The number of nitrogens with zero attached hydrogens (tertiary/aromatic N) is 4. The lowest BCUT2D eigenvalue weighted by molar-refractivity contribution is -0.130. The summed E-state index contributed by atoms with van der Waals surface area (Å²) in [7, 11) is 0. The van der Waals surface area contributed by atoms with Crippen LogP contribution < -0.4 is 5.32 Å². The molecule has 0 aromatic carbocycles. The number of rotatable bonds is 4. The molecule has 1 aliphatic heterocycles. The fraction of sp³-hybridized carbons (Fsp3) is 0.444. The molecule has 6 heteroatoms. The van der Waals surface area contributed by atoms with Crippen LogP contribution in [-0.4, -0.2) is 38.8 Å². The van der Waals surface area contributed by atoms with E-state index in [2.05, 4.69) is 20.3 Å². The van der Waals surface area contributed by atoms with Gasteiger partial charge in [0.15, 0.2) is 0 Å². The zero-order valence-corrected chi connectivity index (χ0v) is 14.2. The third-order valence-electron chi connectivity index (χ3n) is 4.33. The third-order valence-corrected chi connectivity index (χ3v) is 4.33. The highest BCUT2D eigenvalue weighted by Gasteiger charge is 2.22. The van der Waals surface area contributed by atoms with Gasteiger partial charge in [0.2, 0.25) is 5.91 Å². The van der Waals surface area contributed by atoms with Crippen LogP contribution in [0.15, 0.2) is 30.6 Å². The van der Waals surface area contributed by atoms with Crippen LogP contribution in [0.3, 0.4) is 0 Å². The van der Waals surface area contributed by atoms with E-state index < -0.39 is 0 Å². The minimum atomic E-state index is 0.162. The number of aromatic nitrogens is 3.